The van der Waals surface area contributed by atoms with Gasteiger partial charge in [0.15, 0.2) is 0 Å². The highest BCUT2D eigenvalue weighted by molar-refractivity contribution is 5.76. The fourth-order valence-electron chi connectivity index (χ4n) is 3.38. The number of carbonyl (C=O) groups is 1. The van der Waals surface area contributed by atoms with E-state index in [1.807, 2.05) is 6.08 Å². The zero-order chi connectivity index (χ0) is 20.0. The van der Waals surface area contributed by atoms with Crippen molar-refractivity contribution in [2.24, 2.45) is 5.84 Å². The second kappa shape index (κ2) is 21.5. The van der Waals surface area contributed by atoms with Crippen molar-refractivity contribution in [3.8, 4) is 0 Å². The molecule has 1 amide bonds. The Labute approximate surface area is 170 Å². The van der Waals surface area contributed by atoms with Crippen LogP contribution in [0.5, 0.6) is 0 Å². The maximum Gasteiger partial charge on any atom is 0.240 e. The fraction of sp³-hybridized carbons (Fsp3) is 0.875. The van der Waals surface area contributed by atoms with E-state index in [0.717, 1.165) is 19.3 Å². The van der Waals surface area contributed by atoms with Gasteiger partial charge in [-0.25, -0.2) is 5.84 Å². The predicted molar refractivity (Wildman–Crippen MR) is 119 cm³/mol. The van der Waals surface area contributed by atoms with Crippen LogP contribution in [0.2, 0.25) is 0 Å². The zero-order valence-electron chi connectivity index (χ0n) is 18.5. The summed E-state index contributed by atoms with van der Waals surface area (Å²) in [5.74, 6) is 5.87. The lowest BCUT2D eigenvalue weighted by Crippen LogP contribution is -2.31. The second-order valence-electron chi connectivity index (χ2n) is 8.03. The Morgan fingerprint density at radius 3 is 1.56 bits per heavy atom. The molecule has 0 aliphatic carbocycles. The predicted octanol–water partition coefficient (Wildman–Crippen LogP) is 7.65. The van der Waals surface area contributed by atoms with Gasteiger partial charge in [-0.3, -0.25) is 9.80 Å². The lowest BCUT2D eigenvalue weighted by atomic mass is 10.1. The Morgan fingerprint density at radius 1 is 0.667 bits per heavy atom. The monoisotopic (exact) mass is 380 g/mol. The quantitative estimate of drug-likeness (QED) is 0.102. The van der Waals surface area contributed by atoms with E-state index in [1.165, 1.54) is 101 Å². The molecule has 160 valence electrons. The molecule has 0 aliphatic heterocycles. The average Bonchev–Trinajstić information content (AvgIpc) is 2.67. The highest BCUT2D eigenvalue weighted by Gasteiger charge is 2.05. The van der Waals surface area contributed by atoms with Crippen molar-refractivity contribution in [2.45, 2.75) is 136 Å². The molecule has 0 rings (SSSR count). The summed E-state index contributed by atoms with van der Waals surface area (Å²) in [6.07, 6.45) is 27.5. The van der Waals surface area contributed by atoms with Crippen LogP contribution in [-0.2, 0) is 4.79 Å². The topological polar surface area (TPSA) is 46.3 Å². The largest absolute Gasteiger partial charge is 0.273 e. The number of hydrogen-bond donors (Lipinski definition) is 1. The van der Waals surface area contributed by atoms with Crippen LogP contribution in [0.4, 0.5) is 0 Å². The molecule has 3 heteroatoms. The third kappa shape index (κ3) is 19.7. The summed E-state index contributed by atoms with van der Waals surface area (Å²) in [7, 11) is 0. The molecule has 27 heavy (non-hydrogen) atoms. The van der Waals surface area contributed by atoms with Crippen LogP contribution >= 0.6 is 0 Å². The molecule has 0 aromatic carbocycles. The Kier molecular flexibility index (Phi) is 20.8. The van der Waals surface area contributed by atoms with Gasteiger partial charge in [-0.1, -0.05) is 116 Å². The molecule has 0 aliphatic rings. The van der Waals surface area contributed by atoms with Gasteiger partial charge >= 0.3 is 0 Å². The van der Waals surface area contributed by atoms with Crippen LogP contribution in [0.1, 0.15) is 136 Å². The van der Waals surface area contributed by atoms with Gasteiger partial charge in [0.2, 0.25) is 5.91 Å². The molecular weight excluding hydrogens is 332 g/mol. The summed E-state index contributed by atoms with van der Waals surface area (Å²) in [4.78, 5) is 12.0. The van der Waals surface area contributed by atoms with Crippen molar-refractivity contribution in [2.75, 3.05) is 0 Å². The number of rotatable bonds is 20. The summed E-state index contributed by atoms with van der Waals surface area (Å²) in [5.41, 5.74) is 0. The minimum Gasteiger partial charge on any atom is -0.273 e. The van der Waals surface area contributed by atoms with Crippen molar-refractivity contribution in [3.63, 3.8) is 0 Å². The molecule has 0 atom stereocenters. The molecule has 0 saturated heterocycles. The van der Waals surface area contributed by atoms with E-state index < -0.39 is 0 Å². The Bertz CT molecular complexity index is 341. The molecule has 0 radical (unpaired) electrons. The summed E-state index contributed by atoms with van der Waals surface area (Å²) < 4.78 is 0. The first-order valence-corrected chi connectivity index (χ1v) is 12.0. The molecule has 3 nitrogen and oxygen atoms in total. The minimum absolute atomic E-state index is 0.0443. The SMILES string of the molecule is CCCCCCCCCCCC/C=C\N(N)C(=O)CCCCCCCCC. The van der Waals surface area contributed by atoms with E-state index in [0.29, 0.717) is 6.42 Å². The molecule has 2 N–H and O–H groups in total. The molecule has 0 fully saturated rings. The first kappa shape index (κ1) is 26.2. The van der Waals surface area contributed by atoms with Crippen LogP contribution in [-0.4, -0.2) is 10.9 Å². The van der Waals surface area contributed by atoms with E-state index in [2.05, 4.69) is 13.8 Å². The van der Waals surface area contributed by atoms with E-state index in [1.54, 1.807) is 6.20 Å². The molecule has 0 bridgehead atoms. The lowest BCUT2D eigenvalue weighted by molar-refractivity contribution is -0.129. The van der Waals surface area contributed by atoms with Crippen molar-refractivity contribution in [1.29, 1.82) is 0 Å². The smallest absolute Gasteiger partial charge is 0.240 e. The van der Waals surface area contributed by atoms with Gasteiger partial charge in [-0.2, -0.15) is 0 Å². The third-order valence-electron chi connectivity index (χ3n) is 5.27. The zero-order valence-corrected chi connectivity index (χ0v) is 18.5. The third-order valence-corrected chi connectivity index (χ3v) is 5.27. The first-order chi connectivity index (χ1) is 13.2. The fourth-order valence-corrected chi connectivity index (χ4v) is 3.38. The number of unbranched alkanes of at least 4 members (excludes halogenated alkanes) is 16. The molecule has 0 heterocycles. The highest BCUT2D eigenvalue weighted by Crippen LogP contribution is 2.12. The van der Waals surface area contributed by atoms with Crippen molar-refractivity contribution in [3.05, 3.63) is 12.3 Å². The van der Waals surface area contributed by atoms with Gasteiger partial charge in [-0.05, 0) is 19.3 Å². The standard InChI is InChI=1S/C24H48N2O/c1-3-5-7-9-11-12-13-14-15-17-19-21-23-26(25)24(27)22-20-18-16-10-8-6-4-2/h21,23H,3-20,22,25H2,1-2H3/b23-21-. The number of allylic oxidation sites excluding steroid dienone is 1. The number of nitrogens with two attached hydrogens (primary N) is 1. The average molecular weight is 381 g/mol. The maximum atomic E-state index is 12.0. The number of amides is 1. The van der Waals surface area contributed by atoms with Gasteiger partial charge in [-0.15, -0.1) is 0 Å². The van der Waals surface area contributed by atoms with Crippen LogP contribution in [0, 0.1) is 0 Å². The number of hydrogen-bond acceptors (Lipinski definition) is 2. The second-order valence-corrected chi connectivity index (χ2v) is 8.03. The highest BCUT2D eigenvalue weighted by atomic mass is 16.2. The molecular formula is C24H48N2O. The van der Waals surface area contributed by atoms with Gasteiger partial charge in [0.1, 0.15) is 0 Å². The van der Waals surface area contributed by atoms with Crippen molar-refractivity contribution < 1.29 is 4.79 Å². The molecule has 0 aromatic rings. The summed E-state index contributed by atoms with van der Waals surface area (Å²) in [6, 6.07) is 0. The number of carbonyl (C=O) groups excluding carboxylic acids is 1. The van der Waals surface area contributed by atoms with E-state index in [-0.39, 0.29) is 5.91 Å². The van der Waals surface area contributed by atoms with Gasteiger partial charge in [0, 0.05) is 12.6 Å². The normalized spacial score (nSPS) is 11.4. The maximum absolute atomic E-state index is 12.0. The van der Waals surface area contributed by atoms with Crippen LogP contribution in [0.25, 0.3) is 0 Å². The summed E-state index contributed by atoms with van der Waals surface area (Å²) >= 11 is 0. The summed E-state index contributed by atoms with van der Waals surface area (Å²) in [6.45, 7) is 4.50. The van der Waals surface area contributed by atoms with Crippen LogP contribution in [0.15, 0.2) is 12.3 Å². The molecule has 0 unspecified atom stereocenters. The Morgan fingerprint density at radius 2 is 1.07 bits per heavy atom. The molecule has 0 aromatic heterocycles. The van der Waals surface area contributed by atoms with E-state index in [4.69, 9.17) is 5.84 Å². The van der Waals surface area contributed by atoms with E-state index in [9.17, 15) is 4.79 Å². The van der Waals surface area contributed by atoms with Crippen molar-refractivity contribution >= 4 is 5.91 Å². The van der Waals surface area contributed by atoms with Gasteiger partial charge in [0.05, 0.1) is 0 Å². The molecule has 0 spiro atoms. The van der Waals surface area contributed by atoms with Gasteiger partial charge < -0.3 is 0 Å². The number of nitrogens with zero attached hydrogens (tertiary/aromatic N) is 1. The van der Waals surface area contributed by atoms with Gasteiger partial charge in [0.25, 0.3) is 0 Å². The van der Waals surface area contributed by atoms with E-state index >= 15 is 0 Å². The lowest BCUT2D eigenvalue weighted by Gasteiger charge is -2.11. The van der Waals surface area contributed by atoms with Crippen LogP contribution < -0.4 is 5.84 Å². The Balaban J connectivity index is 3.42. The van der Waals surface area contributed by atoms with Crippen LogP contribution in [0.3, 0.4) is 0 Å². The van der Waals surface area contributed by atoms with Crippen molar-refractivity contribution in [1.82, 2.24) is 5.01 Å². The summed E-state index contributed by atoms with van der Waals surface area (Å²) in [5, 5.41) is 1.29. The molecule has 0 saturated carbocycles. The Hall–Kier alpha value is -0.830. The minimum atomic E-state index is 0.0443. The first-order valence-electron chi connectivity index (χ1n) is 12.0. The number of hydrazine groups is 1.